The third kappa shape index (κ3) is 3.49. The van der Waals surface area contributed by atoms with Crippen molar-refractivity contribution in [2.24, 2.45) is 11.7 Å². The molecule has 2 nitrogen and oxygen atoms in total. The minimum atomic E-state index is -0.144. The van der Waals surface area contributed by atoms with Crippen LogP contribution in [-0.2, 0) is 0 Å². The maximum Gasteiger partial charge on any atom is 0.120 e. The summed E-state index contributed by atoms with van der Waals surface area (Å²) >= 11 is 0. The number of ether oxygens (including phenoxy) is 1. The highest BCUT2D eigenvalue weighted by Gasteiger charge is 2.23. The van der Waals surface area contributed by atoms with Crippen LogP contribution in [0.4, 0.5) is 0 Å². The molecule has 0 unspecified atom stereocenters. The Kier molecular flexibility index (Phi) is 3.96. The Bertz CT molecular complexity index is 371. The number of hydrogen-bond acceptors (Lipinski definition) is 2. The molecule has 1 aromatic rings. The minimum Gasteiger partial charge on any atom is -0.488 e. The van der Waals surface area contributed by atoms with Gasteiger partial charge in [0.1, 0.15) is 11.4 Å². The molecule has 1 fully saturated rings. The van der Waals surface area contributed by atoms with E-state index in [0.717, 1.165) is 5.75 Å². The molecule has 0 spiro atoms. The number of hydrogen-bond donors (Lipinski definition) is 1. The lowest BCUT2D eigenvalue weighted by molar-refractivity contribution is 0.131. The van der Waals surface area contributed by atoms with Crippen LogP contribution in [0.2, 0.25) is 0 Å². The Morgan fingerprint density at radius 3 is 2.17 bits per heavy atom. The van der Waals surface area contributed by atoms with Gasteiger partial charge in [0, 0.05) is 6.04 Å². The summed E-state index contributed by atoms with van der Waals surface area (Å²) < 4.78 is 5.82. The molecule has 1 aliphatic carbocycles. The van der Waals surface area contributed by atoms with Crippen LogP contribution in [0, 0.1) is 5.92 Å². The van der Waals surface area contributed by atoms with Gasteiger partial charge in [-0.05, 0) is 57.2 Å². The molecule has 1 saturated carbocycles. The standard InChI is InChI=1S/C16H25NO/c1-16(2,3)18-14-10-8-13(9-11-14)15(17)12-6-4-5-7-12/h8-12,15H,4-7,17H2,1-3H3/t15-/m0/s1. The number of benzene rings is 1. The van der Waals surface area contributed by atoms with Gasteiger partial charge in [0.05, 0.1) is 0 Å². The molecule has 1 aliphatic rings. The van der Waals surface area contributed by atoms with Crippen LogP contribution < -0.4 is 10.5 Å². The Labute approximate surface area is 111 Å². The third-order valence-electron chi connectivity index (χ3n) is 3.60. The first-order chi connectivity index (χ1) is 8.46. The molecule has 18 heavy (non-hydrogen) atoms. The molecule has 1 atom stereocenters. The summed E-state index contributed by atoms with van der Waals surface area (Å²) in [5.74, 6) is 1.59. The molecule has 0 amide bonds. The molecule has 0 aliphatic heterocycles. The van der Waals surface area contributed by atoms with E-state index in [1.54, 1.807) is 0 Å². The zero-order valence-corrected chi connectivity index (χ0v) is 11.8. The van der Waals surface area contributed by atoms with Crippen molar-refractivity contribution >= 4 is 0 Å². The van der Waals surface area contributed by atoms with Crippen molar-refractivity contribution in [1.82, 2.24) is 0 Å². The van der Waals surface area contributed by atoms with Gasteiger partial charge in [-0.25, -0.2) is 0 Å². The van der Waals surface area contributed by atoms with Crippen LogP contribution >= 0.6 is 0 Å². The second-order valence-corrected chi connectivity index (χ2v) is 6.35. The fraction of sp³-hybridized carbons (Fsp3) is 0.625. The maximum absolute atomic E-state index is 6.34. The quantitative estimate of drug-likeness (QED) is 0.874. The van der Waals surface area contributed by atoms with Gasteiger partial charge in [-0.2, -0.15) is 0 Å². The lowest BCUT2D eigenvalue weighted by Gasteiger charge is -2.23. The average Bonchev–Trinajstić information content (AvgIpc) is 2.80. The Balaban J connectivity index is 2.02. The summed E-state index contributed by atoms with van der Waals surface area (Å²) in [7, 11) is 0. The summed E-state index contributed by atoms with van der Waals surface area (Å²) in [4.78, 5) is 0. The summed E-state index contributed by atoms with van der Waals surface area (Å²) in [6.07, 6.45) is 5.23. The van der Waals surface area contributed by atoms with Crippen molar-refractivity contribution in [2.45, 2.75) is 58.1 Å². The van der Waals surface area contributed by atoms with Crippen molar-refractivity contribution in [3.05, 3.63) is 29.8 Å². The highest BCUT2D eigenvalue weighted by atomic mass is 16.5. The van der Waals surface area contributed by atoms with Crippen LogP contribution in [0.3, 0.4) is 0 Å². The van der Waals surface area contributed by atoms with E-state index in [-0.39, 0.29) is 11.6 Å². The van der Waals surface area contributed by atoms with Crippen molar-refractivity contribution in [3.8, 4) is 5.75 Å². The molecular formula is C16H25NO. The lowest BCUT2D eigenvalue weighted by atomic mass is 9.92. The monoisotopic (exact) mass is 247 g/mol. The van der Waals surface area contributed by atoms with Crippen LogP contribution in [-0.4, -0.2) is 5.60 Å². The van der Waals surface area contributed by atoms with Crippen molar-refractivity contribution in [3.63, 3.8) is 0 Å². The molecule has 1 aromatic carbocycles. The van der Waals surface area contributed by atoms with Gasteiger partial charge < -0.3 is 10.5 Å². The second-order valence-electron chi connectivity index (χ2n) is 6.35. The maximum atomic E-state index is 6.34. The minimum absolute atomic E-state index is 0.144. The van der Waals surface area contributed by atoms with Crippen molar-refractivity contribution in [1.29, 1.82) is 0 Å². The first kappa shape index (κ1) is 13.4. The summed E-state index contributed by atoms with van der Waals surface area (Å²) in [6.45, 7) is 6.18. The van der Waals surface area contributed by atoms with E-state index in [2.05, 4.69) is 32.9 Å². The van der Waals surface area contributed by atoms with E-state index in [4.69, 9.17) is 10.5 Å². The highest BCUT2D eigenvalue weighted by molar-refractivity contribution is 5.29. The fourth-order valence-corrected chi connectivity index (χ4v) is 2.70. The lowest BCUT2D eigenvalue weighted by Crippen LogP contribution is -2.23. The number of rotatable bonds is 3. The molecule has 100 valence electrons. The summed E-state index contributed by atoms with van der Waals surface area (Å²) in [5.41, 5.74) is 7.43. The molecule has 2 rings (SSSR count). The molecule has 0 radical (unpaired) electrons. The molecule has 0 saturated heterocycles. The van der Waals surface area contributed by atoms with Gasteiger partial charge >= 0.3 is 0 Å². The average molecular weight is 247 g/mol. The van der Waals surface area contributed by atoms with E-state index in [1.807, 2.05) is 12.1 Å². The van der Waals surface area contributed by atoms with E-state index in [1.165, 1.54) is 31.2 Å². The summed E-state index contributed by atoms with van der Waals surface area (Å²) in [6, 6.07) is 8.50. The molecule has 0 heterocycles. The van der Waals surface area contributed by atoms with E-state index >= 15 is 0 Å². The van der Waals surface area contributed by atoms with Crippen LogP contribution in [0.5, 0.6) is 5.75 Å². The first-order valence-corrected chi connectivity index (χ1v) is 7.00. The number of nitrogens with two attached hydrogens (primary N) is 1. The van der Waals surface area contributed by atoms with Gasteiger partial charge in [0.15, 0.2) is 0 Å². The molecular weight excluding hydrogens is 222 g/mol. The van der Waals surface area contributed by atoms with Gasteiger partial charge in [0.25, 0.3) is 0 Å². The summed E-state index contributed by atoms with van der Waals surface area (Å²) in [5, 5.41) is 0. The smallest absolute Gasteiger partial charge is 0.120 e. The predicted octanol–water partition coefficient (Wildman–Crippen LogP) is 4.05. The Hall–Kier alpha value is -1.02. The van der Waals surface area contributed by atoms with Crippen molar-refractivity contribution < 1.29 is 4.74 Å². The Morgan fingerprint density at radius 2 is 1.67 bits per heavy atom. The van der Waals surface area contributed by atoms with Crippen LogP contribution in [0.15, 0.2) is 24.3 Å². The van der Waals surface area contributed by atoms with Gasteiger partial charge in [-0.1, -0.05) is 25.0 Å². The molecule has 2 heteroatoms. The van der Waals surface area contributed by atoms with E-state index in [0.29, 0.717) is 5.92 Å². The molecule has 0 bridgehead atoms. The molecule has 2 N–H and O–H groups in total. The van der Waals surface area contributed by atoms with E-state index < -0.39 is 0 Å². The van der Waals surface area contributed by atoms with Gasteiger partial charge in [-0.15, -0.1) is 0 Å². The molecule has 0 aromatic heterocycles. The largest absolute Gasteiger partial charge is 0.488 e. The normalized spacial score (nSPS) is 18.9. The first-order valence-electron chi connectivity index (χ1n) is 7.00. The SMILES string of the molecule is CC(C)(C)Oc1ccc([C@@H](N)C2CCCC2)cc1. The predicted molar refractivity (Wildman–Crippen MR) is 75.7 cm³/mol. The van der Waals surface area contributed by atoms with Crippen LogP contribution in [0.25, 0.3) is 0 Å². The highest BCUT2D eigenvalue weighted by Crippen LogP contribution is 2.34. The van der Waals surface area contributed by atoms with Crippen molar-refractivity contribution in [2.75, 3.05) is 0 Å². The van der Waals surface area contributed by atoms with Gasteiger partial charge in [0.2, 0.25) is 0 Å². The Morgan fingerprint density at radius 1 is 1.11 bits per heavy atom. The zero-order chi connectivity index (χ0) is 13.2. The third-order valence-corrected chi connectivity index (χ3v) is 3.60. The fourth-order valence-electron chi connectivity index (χ4n) is 2.70. The van der Waals surface area contributed by atoms with Gasteiger partial charge in [-0.3, -0.25) is 0 Å². The second kappa shape index (κ2) is 5.31. The zero-order valence-electron chi connectivity index (χ0n) is 11.8. The van der Waals surface area contributed by atoms with E-state index in [9.17, 15) is 0 Å². The van der Waals surface area contributed by atoms with Crippen LogP contribution in [0.1, 0.15) is 58.1 Å². The topological polar surface area (TPSA) is 35.2 Å².